The average Bonchev–Trinajstić information content (AvgIpc) is 2.70. The van der Waals surface area contributed by atoms with Crippen molar-refractivity contribution in [1.82, 2.24) is 0 Å². The molecule has 0 aliphatic heterocycles. The largest absolute Gasteiger partial charge is 0.466 e. The number of carbonyl (C=O) groups is 1. The van der Waals surface area contributed by atoms with Gasteiger partial charge in [0, 0.05) is 24.8 Å². The van der Waals surface area contributed by atoms with Gasteiger partial charge in [-0.15, -0.1) is 0 Å². The Labute approximate surface area is 119 Å². The molecule has 0 saturated carbocycles. The first-order valence-corrected chi connectivity index (χ1v) is 6.60. The second-order valence-corrected chi connectivity index (χ2v) is 4.91. The lowest BCUT2D eigenvalue weighted by atomic mass is 10.1. The summed E-state index contributed by atoms with van der Waals surface area (Å²) in [5.41, 5.74) is 9.04. The van der Waals surface area contributed by atoms with E-state index in [4.69, 9.17) is 10.2 Å². The van der Waals surface area contributed by atoms with Crippen LogP contribution in [0, 0.1) is 20.8 Å². The summed E-state index contributed by atoms with van der Waals surface area (Å²) >= 11 is 0. The third-order valence-electron chi connectivity index (χ3n) is 3.65. The minimum Gasteiger partial charge on any atom is -0.466 e. The lowest BCUT2D eigenvalue weighted by Gasteiger charge is -2.20. The zero-order chi connectivity index (χ0) is 14.9. The van der Waals surface area contributed by atoms with Gasteiger partial charge in [0.05, 0.1) is 5.56 Å². The van der Waals surface area contributed by atoms with Gasteiger partial charge in [0.25, 0.3) is 5.91 Å². The molecule has 2 N–H and O–H groups in total. The van der Waals surface area contributed by atoms with Gasteiger partial charge >= 0.3 is 0 Å². The van der Waals surface area contributed by atoms with Crippen LogP contribution >= 0.6 is 0 Å². The lowest BCUT2D eigenvalue weighted by molar-refractivity contribution is 0.0991. The molecule has 1 amide bonds. The number of nitrogens with two attached hydrogens (primary N) is 1. The van der Waals surface area contributed by atoms with Crippen LogP contribution in [0.1, 0.15) is 33.0 Å². The van der Waals surface area contributed by atoms with Crippen LogP contribution in [0.5, 0.6) is 0 Å². The molecule has 1 aromatic carbocycles. The van der Waals surface area contributed by atoms with Crippen LogP contribution in [0.3, 0.4) is 0 Å². The van der Waals surface area contributed by atoms with Gasteiger partial charge in [-0.3, -0.25) is 4.79 Å². The van der Waals surface area contributed by atoms with E-state index < -0.39 is 0 Å². The number of nitrogens with zero attached hydrogens (tertiary/aromatic N) is 1. The highest BCUT2D eigenvalue weighted by molar-refractivity contribution is 6.07. The Hall–Kier alpha value is -2.07. The van der Waals surface area contributed by atoms with Gasteiger partial charge in [0.15, 0.2) is 0 Å². The summed E-state index contributed by atoms with van der Waals surface area (Å²) in [5.74, 6) is 1.37. The third-order valence-corrected chi connectivity index (χ3v) is 3.65. The fraction of sp³-hybridized carbons (Fsp3) is 0.312. The molecule has 0 saturated heterocycles. The molecule has 0 aliphatic carbocycles. The predicted molar refractivity (Wildman–Crippen MR) is 80.0 cm³/mol. The van der Waals surface area contributed by atoms with Crippen LogP contribution in [0.4, 0.5) is 5.69 Å². The van der Waals surface area contributed by atoms with Gasteiger partial charge in [-0.1, -0.05) is 18.2 Å². The van der Waals surface area contributed by atoms with Gasteiger partial charge in [0.1, 0.15) is 11.5 Å². The maximum atomic E-state index is 12.7. The summed E-state index contributed by atoms with van der Waals surface area (Å²) in [6, 6.07) is 7.65. The molecule has 20 heavy (non-hydrogen) atoms. The van der Waals surface area contributed by atoms with E-state index in [0.29, 0.717) is 17.9 Å². The number of amides is 1. The fourth-order valence-corrected chi connectivity index (χ4v) is 2.40. The number of hydrogen-bond donors (Lipinski definition) is 1. The molecular formula is C16H20N2O2. The lowest BCUT2D eigenvalue weighted by Crippen LogP contribution is -2.28. The van der Waals surface area contributed by atoms with Crippen LogP contribution in [-0.4, -0.2) is 13.0 Å². The van der Waals surface area contributed by atoms with E-state index in [1.165, 1.54) is 0 Å². The van der Waals surface area contributed by atoms with Crippen LogP contribution in [0.25, 0.3) is 0 Å². The molecule has 2 aromatic rings. The summed E-state index contributed by atoms with van der Waals surface area (Å²) < 4.78 is 5.54. The zero-order valence-corrected chi connectivity index (χ0v) is 12.4. The molecule has 0 radical (unpaired) electrons. The van der Waals surface area contributed by atoms with E-state index in [2.05, 4.69) is 0 Å². The summed E-state index contributed by atoms with van der Waals surface area (Å²) in [4.78, 5) is 14.3. The maximum Gasteiger partial charge on any atom is 0.261 e. The van der Waals surface area contributed by atoms with E-state index in [9.17, 15) is 4.79 Å². The van der Waals surface area contributed by atoms with Crippen LogP contribution < -0.4 is 10.6 Å². The monoisotopic (exact) mass is 272 g/mol. The number of furan rings is 1. The first kappa shape index (κ1) is 14.3. The van der Waals surface area contributed by atoms with E-state index >= 15 is 0 Å². The van der Waals surface area contributed by atoms with Gasteiger partial charge in [0.2, 0.25) is 0 Å². The molecule has 0 aliphatic rings. The highest BCUT2D eigenvalue weighted by Crippen LogP contribution is 2.26. The second kappa shape index (κ2) is 5.51. The van der Waals surface area contributed by atoms with Gasteiger partial charge in [-0.2, -0.15) is 0 Å². The molecule has 1 aromatic heterocycles. The van der Waals surface area contributed by atoms with Crippen LogP contribution in [0.15, 0.2) is 28.7 Å². The van der Waals surface area contributed by atoms with Crippen molar-refractivity contribution in [3.63, 3.8) is 0 Å². The van der Waals surface area contributed by atoms with E-state index in [0.717, 1.165) is 22.6 Å². The summed E-state index contributed by atoms with van der Waals surface area (Å²) in [6.07, 6.45) is 0. The van der Waals surface area contributed by atoms with Crippen molar-refractivity contribution in [1.29, 1.82) is 0 Å². The smallest absolute Gasteiger partial charge is 0.261 e. The molecule has 1 heterocycles. The number of anilines is 1. The molecule has 0 unspecified atom stereocenters. The highest BCUT2D eigenvalue weighted by Gasteiger charge is 2.23. The molecule has 106 valence electrons. The molecule has 4 heteroatoms. The SMILES string of the molecule is Cc1oc(C)c(C(=O)N(C)c2ccccc2CN)c1C. The van der Waals surface area contributed by atoms with Crippen LogP contribution in [-0.2, 0) is 6.54 Å². The Kier molecular flexibility index (Phi) is 3.95. The molecule has 0 spiro atoms. The van der Waals surface area contributed by atoms with Crippen LogP contribution in [0.2, 0.25) is 0 Å². The zero-order valence-electron chi connectivity index (χ0n) is 12.4. The Morgan fingerprint density at radius 2 is 1.85 bits per heavy atom. The minimum absolute atomic E-state index is 0.0715. The Morgan fingerprint density at radius 3 is 2.40 bits per heavy atom. The van der Waals surface area contributed by atoms with Crippen molar-refractivity contribution in [2.75, 3.05) is 11.9 Å². The molecule has 0 fully saturated rings. The van der Waals surface area contributed by atoms with Gasteiger partial charge in [-0.05, 0) is 32.4 Å². The topological polar surface area (TPSA) is 59.5 Å². The maximum absolute atomic E-state index is 12.7. The Morgan fingerprint density at radius 1 is 1.20 bits per heavy atom. The van der Waals surface area contributed by atoms with Crippen molar-refractivity contribution in [2.24, 2.45) is 5.73 Å². The second-order valence-electron chi connectivity index (χ2n) is 4.91. The highest BCUT2D eigenvalue weighted by atomic mass is 16.3. The number of carbonyl (C=O) groups excluding carboxylic acids is 1. The standard InChI is InChI=1S/C16H20N2O2/c1-10-11(2)20-12(3)15(10)16(19)18(4)14-8-6-5-7-13(14)9-17/h5-8H,9,17H2,1-4H3. The van der Waals surface area contributed by atoms with Gasteiger partial charge < -0.3 is 15.1 Å². The normalized spacial score (nSPS) is 10.7. The number of hydrogen-bond acceptors (Lipinski definition) is 3. The molecular weight excluding hydrogens is 252 g/mol. The predicted octanol–water partition coefficient (Wildman–Crippen LogP) is 2.94. The molecule has 0 atom stereocenters. The molecule has 0 bridgehead atoms. The number of rotatable bonds is 3. The quantitative estimate of drug-likeness (QED) is 0.934. The number of benzene rings is 1. The van der Waals surface area contributed by atoms with Crippen molar-refractivity contribution in [3.05, 3.63) is 52.5 Å². The number of para-hydroxylation sites is 1. The molecule has 2 rings (SSSR count). The van der Waals surface area contributed by atoms with Crippen molar-refractivity contribution < 1.29 is 9.21 Å². The summed E-state index contributed by atoms with van der Waals surface area (Å²) in [5, 5.41) is 0. The first-order chi connectivity index (χ1) is 9.47. The Balaban J connectivity index is 2.43. The van der Waals surface area contributed by atoms with E-state index in [1.54, 1.807) is 11.9 Å². The fourth-order valence-electron chi connectivity index (χ4n) is 2.40. The molecule has 4 nitrogen and oxygen atoms in total. The average molecular weight is 272 g/mol. The van der Waals surface area contributed by atoms with E-state index in [-0.39, 0.29) is 5.91 Å². The van der Waals surface area contributed by atoms with Gasteiger partial charge in [-0.25, -0.2) is 0 Å². The Bertz CT molecular complexity index is 644. The summed E-state index contributed by atoms with van der Waals surface area (Å²) in [6.45, 7) is 5.99. The number of aryl methyl sites for hydroxylation is 2. The minimum atomic E-state index is -0.0715. The van der Waals surface area contributed by atoms with Crippen molar-refractivity contribution >= 4 is 11.6 Å². The third kappa shape index (κ3) is 2.34. The first-order valence-electron chi connectivity index (χ1n) is 6.60. The summed E-state index contributed by atoms with van der Waals surface area (Å²) in [7, 11) is 1.76. The van der Waals surface area contributed by atoms with Crippen molar-refractivity contribution in [2.45, 2.75) is 27.3 Å². The van der Waals surface area contributed by atoms with Crippen molar-refractivity contribution in [3.8, 4) is 0 Å². The van der Waals surface area contributed by atoms with E-state index in [1.807, 2.05) is 45.0 Å².